The zero-order valence-corrected chi connectivity index (χ0v) is 22.2. The van der Waals surface area contributed by atoms with Crippen LogP contribution >= 0.6 is 0 Å². The quantitative estimate of drug-likeness (QED) is 0.404. The highest BCUT2D eigenvalue weighted by atomic mass is 19.3. The lowest BCUT2D eigenvalue weighted by Gasteiger charge is -2.33. The number of piperidine rings is 1. The smallest absolute Gasteiger partial charge is 0.270 e. The number of alkyl halides is 4. The van der Waals surface area contributed by atoms with Crippen LogP contribution in [0.15, 0.2) is 24.5 Å². The zero-order valence-electron chi connectivity index (χ0n) is 22.2. The first-order valence-electron chi connectivity index (χ1n) is 13.3. The van der Waals surface area contributed by atoms with Crippen LogP contribution in [0.1, 0.15) is 66.9 Å². The first kappa shape index (κ1) is 27.8. The number of amides is 2. The van der Waals surface area contributed by atoms with Crippen molar-refractivity contribution in [3.05, 3.63) is 41.6 Å². The Balaban J connectivity index is 1.47. The van der Waals surface area contributed by atoms with Crippen LogP contribution in [0, 0.1) is 11.8 Å². The van der Waals surface area contributed by atoms with Gasteiger partial charge in [0.1, 0.15) is 17.1 Å². The molecule has 4 heterocycles. The number of hydrogen-bond acceptors (Lipinski definition) is 6. The first-order chi connectivity index (χ1) is 19.0. The summed E-state index contributed by atoms with van der Waals surface area (Å²) in [5.74, 6) is -7.69. The third kappa shape index (κ3) is 5.75. The van der Waals surface area contributed by atoms with Crippen LogP contribution in [0.2, 0.25) is 0 Å². The van der Waals surface area contributed by atoms with Gasteiger partial charge in [0.05, 0.1) is 31.6 Å². The van der Waals surface area contributed by atoms with Crippen LogP contribution in [-0.4, -0.2) is 61.7 Å². The van der Waals surface area contributed by atoms with E-state index in [1.807, 2.05) is 6.92 Å². The maximum Gasteiger partial charge on any atom is 0.270 e. The largest absolute Gasteiger partial charge is 0.495 e. The van der Waals surface area contributed by atoms with Gasteiger partial charge < -0.3 is 15.4 Å². The third-order valence-electron chi connectivity index (χ3n) is 7.69. The highest BCUT2D eigenvalue weighted by Crippen LogP contribution is 2.41. The van der Waals surface area contributed by atoms with E-state index in [4.69, 9.17) is 4.74 Å². The van der Waals surface area contributed by atoms with E-state index >= 15 is 0 Å². The Morgan fingerprint density at radius 2 is 2.00 bits per heavy atom. The van der Waals surface area contributed by atoms with Crippen molar-refractivity contribution in [2.75, 3.05) is 13.7 Å². The average Bonchev–Trinajstić information content (AvgIpc) is 3.55. The molecular weight excluding hydrogens is 534 g/mol. The van der Waals surface area contributed by atoms with Gasteiger partial charge in [0.2, 0.25) is 11.8 Å². The van der Waals surface area contributed by atoms with Gasteiger partial charge in [-0.05, 0) is 31.7 Å². The summed E-state index contributed by atoms with van der Waals surface area (Å²) in [6, 6.07) is 2.46. The Morgan fingerprint density at radius 3 is 2.70 bits per heavy atom. The van der Waals surface area contributed by atoms with Gasteiger partial charge in [-0.1, -0.05) is 0 Å². The van der Waals surface area contributed by atoms with E-state index in [1.165, 1.54) is 22.5 Å². The molecule has 1 aliphatic heterocycles. The van der Waals surface area contributed by atoms with Gasteiger partial charge in [-0.2, -0.15) is 10.2 Å². The second kappa shape index (κ2) is 10.7. The van der Waals surface area contributed by atoms with Crippen LogP contribution in [0.5, 0.6) is 5.75 Å². The molecule has 10 nitrogen and oxygen atoms in total. The molecule has 3 aromatic rings. The van der Waals surface area contributed by atoms with Gasteiger partial charge in [0.25, 0.3) is 11.8 Å². The van der Waals surface area contributed by atoms with Gasteiger partial charge in [0, 0.05) is 50.4 Å². The van der Waals surface area contributed by atoms with Crippen LogP contribution in [-0.2, 0) is 17.8 Å². The molecule has 1 saturated heterocycles. The number of aryl methyl sites for hydroxylation is 1. The summed E-state index contributed by atoms with van der Waals surface area (Å²) in [6.45, 7) is 1.62. The summed E-state index contributed by atoms with van der Waals surface area (Å²) in [4.78, 5) is 30.1. The fourth-order valence-electron chi connectivity index (χ4n) is 5.54. The topological polar surface area (TPSA) is 115 Å². The molecule has 2 amide bonds. The number of fused-ring (bicyclic) bond motifs is 1. The number of ether oxygens (including phenoxy) is 1. The SMILES string of the molecule is CCn1nccc1C(=O)NC(c1cn2nc(CC3CC(F)(F)CNC3=O)c(OC)cc2n1)C1CCC(F)(F)CC1. The minimum absolute atomic E-state index is 0.0765. The summed E-state index contributed by atoms with van der Waals surface area (Å²) >= 11 is 0. The van der Waals surface area contributed by atoms with Gasteiger partial charge >= 0.3 is 0 Å². The first-order valence-corrected chi connectivity index (χ1v) is 13.3. The molecule has 14 heteroatoms. The molecule has 1 aliphatic carbocycles. The van der Waals surface area contributed by atoms with E-state index in [1.54, 1.807) is 18.3 Å². The minimum Gasteiger partial charge on any atom is -0.495 e. The standard InChI is InChI=1S/C26H31F4N7O3/c1-3-36-19(6-9-32-36)24(39)34-22(15-4-7-25(27,28)8-5-15)18-13-37-21(33-18)11-20(40-2)17(35-37)10-16-12-26(29,30)14-31-23(16)38/h6,9,11,13,15-16,22H,3-5,7-8,10,12,14H2,1-2H3,(H,31,38)(H,34,39). The monoisotopic (exact) mass is 565 g/mol. The molecule has 3 aromatic heterocycles. The van der Waals surface area contributed by atoms with Crippen LogP contribution in [0.3, 0.4) is 0 Å². The number of methoxy groups -OCH3 is 1. The molecule has 0 aromatic carbocycles. The van der Waals surface area contributed by atoms with Crippen molar-refractivity contribution in [1.82, 2.24) is 35.0 Å². The van der Waals surface area contributed by atoms with Gasteiger partial charge in [0.15, 0.2) is 5.65 Å². The number of nitrogens with zero attached hydrogens (tertiary/aromatic N) is 5. The van der Waals surface area contributed by atoms with Gasteiger partial charge in [-0.3, -0.25) is 14.3 Å². The van der Waals surface area contributed by atoms with Crippen molar-refractivity contribution < 1.29 is 31.9 Å². The lowest BCUT2D eigenvalue weighted by molar-refractivity contribution is -0.136. The van der Waals surface area contributed by atoms with Crippen molar-refractivity contribution >= 4 is 17.5 Å². The summed E-state index contributed by atoms with van der Waals surface area (Å²) in [7, 11) is 1.40. The molecule has 1 saturated carbocycles. The van der Waals surface area contributed by atoms with E-state index in [0.717, 1.165) is 0 Å². The van der Waals surface area contributed by atoms with Crippen LogP contribution in [0.25, 0.3) is 5.65 Å². The number of carbonyl (C=O) groups is 2. The van der Waals surface area contributed by atoms with Crippen LogP contribution in [0.4, 0.5) is 17.6 Å². The van der Waals surface area contributed by atoms with Crippen molar-refractivity contribution in [3.8, 4) is 5.75 Å². The minimum atomic E-state index is -3.02. The maximum absolute atomic E-state index is 14.0. The Hall–Kier alpha value is -3.71. The van der Waals surface area contributed by atoms with E-state index < -0.39 is 48.6 Å². The number of imidazole rings is 1. The van der Waals surface area contributed by atoms with Gasteiger partial charge in [-0.25, -0.2) is 27.1 Å². The third-order valence-corrected chi connectivity index (χ3v) is 7.69. The normalized spacial score (nSPS) is 21.6. The zero-order chi connectivity index (χ0) is 28.7. The number of aromatic nitrogens is 5. The second-order valence-corrected chi connectivity index (χ2v) is 10.5. The second-order valence-electron chi connectivity index (χ2n) is 10.5. The Morgan fingerprint density at radius 1 is 1.25 bits per heavy atom. The molecule has 0 bridgehead atoms. The Labute approximate surface area is 227 Å². The van der Waals surface area contributed by atoms with Gasteiger partial charge in [-0.15, -0.1) is 0 Å². The number of carbonyl (C=O) groups excluding carboxylic acids is 2. The molecule has 2 aliphatic rings. The number of halogens is 4. The Bertz CT molecular complexity index is 1400. The highest BCUT2D eigenvalue weighted by Gasteiger charge is 2.42. The average molecular weight is 566 g/mol. The molecule has 0 spiro atoms. The lowest BCUT2D eigenvalue weighted by Crippen LogP contribution is -2.48. The summed E-state index contributed by atoms with van der Waals surface area (Å²) < 4.78 is 64.3. The van der Waals surface area contributed by atoms with E-state index in [2.05, 4.69) is 25.8 Å². The highest BCUT2D eigenvalue weighted by molar-refractivity contribution is 5.92. The molecule has 216 valence electrons. The van der Waals surface area contributed by atoms with Crippen molar-refractivity contribution in [2.45, 2.75) is 69.9 Å². The summed E-state index contributed by atoms with van der Waals surface area (Å²) in [5, 5.41) is 13.9. The molecule has 2 N–H and O–H groups in total. The van der Waals surface area contributed by atoms with Crippen molar-refractivity contribution in [3.63, 3.8) is 0 Å². The summed E-state index contributed by atoms with van der Waals surface area (Å²) in [6.07, 6.45) is 2.20. The molecular formula is C26H31F4N7O3. The summed E-state index contributed by atoms with van der Waals surface area (Å²) in [5.41, 5.74) is 1.40. The molecule has 0 radical (unpaired) electrons. The van der Waals surface area contributed by atoms with Crippen LogP contribution < -0.4 is 15.4 Å². The van der Waals surface area contributed by atoms with Crippen molar-refractivity contribution in [1.29, 1.82) is 0 Å². The predicted octanol–water partition coefficient (Wildman–Crippen LogP) is 3.56. The maximum atomic E-state index is 14.0. The van der Waals surface area contributed by atoms with Crippen molar-refractivity contribution in [2.24, 2.45) is 11.8 Å². The number of hydrogen-bond donors (Lipinski definition) is 2. The number of nitrogens with one attached hydrogen (secondary N) is 2. The molecule has 5 rings (SSSR count). The van der Waals surface area contributed by atoms with E-state index in [-0.39, 0.29) is 43.8 Å². The molecule has 2 atom stereocenters. The lowest BCUT2D eigenvalue weighted by atomic mass is 9.81. The fraction of sp³-hybridized carbons (Fsp3) is 0.577. The molecule has 2 unspecified atom stereocenters. The fourth-order valence-corrected chi connectivity index (χ4v) is 5.54. The predicted molar refractivity (Wildman–Crippen MR) is 134 cm³/mol. The van der Waals surface area contributed by atoms with E-state index in [9.17, 15) is 27.2 Å². The number of rotatable bonds is 8. The Kier molecular flexibility index (Phi) is 7.44. The molecule has 2 fully saturated rings. The van der Waals surface area contributed by atoms with E-state index in [0.29, 0.717) is 29.3 Å². The molecule has 40 heavy (non-hydrogen) atoms.